The van der Waals surface area contributed by atoms with Crippen molar-refractivity contribution < 1.29 is 9.18 Å². The maximum atomic E-state index is 13.4. The molecule has 3 heterocycles. The summed E-state index contributed by atoms with van der Waals surface area (Å²) < 4.78 is 14.8. The highest BCUT2D eigenvalue weighted by Crippen LogP contribution is 2.24. The number of benzene rings is 2. The van der Waals surface area contributed by atoms with E-state index in [1.54, 1.807) is 17.0 Å². The average molecular weight is 450 g/mol. The minimum absolute atomic E-state index is 0.167. The molecule has 162 valence electrons. The van der Waals surface area contributed by atoms with Gasteiger partial charge >= 0.3 is 0 Å². The Morgan fingerprint density at radius 1 is 1.00 bits per heavy atom. The normalized spacial score (nSPS) is 14.7. The summed E-state index contributed by atoms with van der Waals surface area (Å²) in [5.74, 6) is -0.583. The monoisotopic (exact) mass is 449 g/mol. The van der Waals surface area contributed by atoms with Crippen LogP contribution in [0.1, 0.15) is 16.1 Å². The van der Waals surface area contributed by atoms with Gasteiger partial charge in [-0.15, -0.1) is 0 Å². The molecule has 2 aromatic carbocycles. The zero-order valence-electron chi connectivity index (χ0n) is 17.1. The van der Waals surface area contributed by atoms with Gasteiger partial charge in [-0.3, -0.25) is 14.5 Å². The highest BCUT2D eigenvalue weighted by molar-refractivity contribution is 7.19. The van der Waals surface area contributed by atoms with Gasteiger partial charge in [0.15, 0.2) is 0 Å². The minimum Gasteiger partial charge on any atom is -0.336 e. The van der Waals surface area contributed by atoms with Crippen LogP contribution < -0.4 is 5.56 Å². The second-order valence-corrected chi connectivity index (χ2v) is 8.59. The number of fused-ring (bicyclic) bond motifs is 1. The number of carbonyl (C=O) groups is 1. The van der Waals surface area contributed by atoms with Gasteiger partial charge in [0, 0.05) is 49.9 Å². The van der Waals surface area contributed by atoms with Gasteiger partial charge in [-0.05, 0) is 18.2 Å². The van der Waals surface area contributed by atoms with Crippen LogP contribution in [-0.2, 0) is 6.54 Å². The van der Waals surface area contributed by atoms with Crippen molar-refractivity contribution in [3.05, 3.63) is 88.1 Å². The third kappa shape index (κ3) is 4.17. The molecule has 32 heavy (non-hydrogen) atoms. The number of rotatable bonds is 4. The van der Waals surface area contributed by atoms with Crippen LogP contribution in [0.4, 0.5) is 4.39 Å². The lowest BCUT2D eigenvalue weighted by molar-refractivity contribution is 0.0626. The zero-order chi connectivity index (χ0) is 22.1. The van der Waals surface area contributed by atoms with E-state index in [-0.39, 0.29) is 11.5 Å². The van der Waals surface area contributed by atoms with Crippen molar-refractivity contribution >= 4 is 22.2 Å². The first-order valence-corrected chi connectivity index (χ1v) is 11.1. The van der Waals surface area contributed by atoms with E-state index in [2.05, 4.69) is 15.0 Å². The molecule has 2 aromatic heterocycles. The van der Waals surface area contributed by atoms with E-state index in [1.165, 1.54) is 34.1 Å². The Morgan fingerprint density at radius 2 is 1.78 bits per heavy atom. The van der Waals surface area contributed by atoms with Gasteiger partial charge < -0.3 is 4.90 Å². The van der Waals surface area contributed by atoms with Gasteiger partial charge in [0.05, 0.1) is 5.69 Å². The summed E-state index contributed by atoms with van der Waals surface area (Å²) in [5, 5.41) is 5.16. The van der Waals surface area contributed by atoms with Crippen LogP contribution in [-0.4, -0.2) is 56.5 Å². The van der Waals surface area contributed by atoms with E-state index in [0.29, 0.717) is 48.9 Å². The van der Waals surface area contributed by atoms with Gasteiger partial charge in [0.2, 0.25) is 4.96 Å². The molecule has 0 N–H and O–H groups in total. The first-order chi connectivity index (χ1) is 15.6. The molecule has 0 atom stereocenters. The SMILES string of the molecule is O=C(c1cccc(F)c1)N1CCN(Cc2cc(=O)n3nc(-c4ccccc4)sc3n2)CC1. The van der Waals surface area contributed by atoms with Crippen molar-refractivity contribution in [3.63, 3.8) is 0 Å². The summed E-state index contributed by atoms with van der Waals surface area (Å²) in [6.45, 7) is 2.90. The largest absolute Gasteiger partial charge is 0.336 e. The molecule has 0 bridgehead atoms. The standard InChI is InChI=1S/C23H20FN5O2S/c24-18-8-4-7-17(13-18)22(31)28-11-9-27(10-12-28)15-19-14-20(30)29-23(25-19)32-21(26-29)16-5-2-1-3-6-16/h1-8,13-14H,9-12,15H2. The minimum atomic E-state index is -0.416. The summed E-state index contributed by atoms with van der Waals surface area (Å²) in [6, 6.07) is 17.0. The van der Waals surface area contributed by atoms with E-state index in [0.717, 1.165) is 10.6 Å². The van der Waals surface area contributed by atoms with Crippen molar-refractivity contribution in [3.8, 4) is 10.6 Å². The van der Waals surface area contributed by atoms with E-state index >= 15 is 0 Å². The maximum Gasteiger partial charge on any atom is 0.275 e. The van der Waals surface area contributed by atoms with Crippen molar-refractivity contribution in [2.45, 2.75) is 6.54 Å². The molecular weight excluding hydrogens is 429 g/mol. The third-order valence-electron chi connectivity index (χ3n) is 5.44. The Labute approximate surface area is 187 Å². The third-order valence-corrected chi connectivity index (χ3v) is 6.39. The van der Waals surface area contributed by atoms with E-state index in [9.17, 15) is 14.0 Å². The van der Waals surface area contributed by atoms with Crippen molar-refractivity contribution in [2.75, 3.05) is 26.2 Å². The molecule has 1 aliphatic heterocycles. The Kier molecular flexibility index (Phi) is 5.50. The molecule has 1 aliphatic rings. The molecule has 0 unspecified atom stereocenters. The molecule has 0 spiro atoms. The number of halogens is 1. The lowest BCUT2D eigenvalue weighted by Crippen LogP contribution is -2.48. The molecule has 7 nitrogen and oxygen atoms in total. The Balaban J connectivity index is 1.27. The van der Waals surface area contributed by atoms with Gasteiger partial charge in [-0.1, -0.05) is 47.7 Å². The molecule has 1 amide bonds. The summed E-state index contributed by atoms with van der Waals surface area (Å²) in [4.78, 5) is 34.3. The van der Waals surface area contributed by atoms with Crippen molar-refractivity contribution in [2.24, 2.45) is 0 Å². The van der Waals surface area contributed by atoms with Crippen molar-refractivity contribution in [1.82, 2.24) is 24.4 Å². The average Bonchev–Trinajstić information content (AvgIpc) is 3.25. The molecule has 1 fully saturated rings. The van der Waals surface area contributed by atoms with E-state index in [4.69, 9.17) is 0 Å². The predicted molar refractivity (Wildman–Crippen MR) is 120 cm³/mol. The summed E-state index contributed by atoms with van der Waals surface area (Å²) >= 11 is 1.38. The fourth-order valence-electron chi connectivity index (χ4n) is 3.78. The number of hydrogen-bond donors (Lipinski definition) is 0. The highest BCUT2D eigenvalue weighted by Gasteiger charge is 2.23. The number of carbonyl (C=O) groups excluding carboxylic acids is 1. The quantitative estimate of drug-likeness (QED) is 0.479. The van der Waals surface area contributed by atoms with Gasteiger partial charge in [0.1, 0.15) is 10.8 Å². The van der Waals surface area contributed by atoms with Crippen molar-refractivity contribution in [1.29, 1.82) is 0 Å². The number of amides is 1. The van der Waals surface area contributed by atoms with Crippen LogP contribution >= 0.6 is 11.3 Å². The maximum absolute atomic E-state index is 13.4. The number of piperazine rings is 1. The molecule has 0 radical (unpaired) electrons. The zero-order valence-corrected chi connectivity index (χ0v) is 18.0. The highest BCUT2D eigenvalue weighted by atomic mass is 32.1. The molecular formula is C23H20FN5O2S. The fourth-order valence-corrected chi connectivity index (χ4v) is 4.71. The summed E-state index contributed by atoms with van der Waals surface area (Å²) in [5.41, 5.74) is 1.78. The van der Waals surface area contributed by atoms with Crippen LogP contribution in [0, 0.1) is 5.82 Å². The molecule has 5 rings (SSSR count). The van der Waals surface area contributed by atoms with Crippen LogP contribution in [0.3, 0.4) is 0 Å². The molecule has 1 saturated heterocycles. The number of aromatic nitrogens is 3. The van der Waals surface area contributed by atoms with Gasteiger partial charge in [-0.2, -0.15) is 9.61 Å². The number of nitrogens with zero attached hydrogens (tertiary/aromatic N) is 5. The van der Waals surface area contributed by atoms with E-state index < -0.39 is 5.82 Å². The van der Waals surface area contributed by atoms with Gasteiger partial charge in [-0.25, -0.2) is 9.37 Å². The van der Waals surface area contributed by atoms with Crippen LogP contribution in [0.2, 0.25) is 0 Å². The first kappa shape index (κ1) is 20.5. The lowest BCUT2D eigenvalue weighted by atomic mass is 10.1. The summed E-state index contributed by atoms with van der Waals surface area (Å²) in [6.07, 6.45) is 0. The topological polar surface area (TPSA) is 70.8 Å². The second kappa shape index (κ2) is 8.60. The van der Waals surface area contributed by atoms with E-state index in [1.807, 2.05) is 30.3 Å². The second-order valence-electron chi connectivity index (χ2n) is 7.63. The van der Waals surface area contributed by atoms with Crippen LogP contribution in [0.15, 0.2) is 65.5 Å². The molecule has 9 heteroatoms. The lowest BCUT2D eigenvalue weighted by Gasteiger charge is -2.34. The summed E-state index contributed by atoms with van der Waals surface area (Å²) in [7, 11) is 0. The molecule has 0 saturated carbocycles. The Morgan fingerprint density at radius 3 is 2.53 bits per heavy atom. The smallest absolute Gasteiger partial charge is 0.275 e. The first-order valence-electron chi connectivity index (χ1n) is 10.3. The molecule has 4 aromatic rings. The van der Waals surface area contributed by atoms with Gasteiger partial charge in [0.25, 0.3) is 11.5 Å². The Hall–Kier alpha value is -3.43. The predicted octanol–water partition coefficient (Wildman–Crippen LogP) is 2.92. The fraction of sp³-hybridized carbons (Fsp3) is 0.217. The Bertz CT molecular complexity index is 1330. The molecule has 0 aliphatic carbocycles. The number of hydrogen-bond acceptors (Lipinski definition) is 6. The van der Waals surface area contributed by atoms with Crippen LogP contribution in [0.5, 0.6) is 0 Å². The van der Waals surface area contributed by atoms with Crippen LogP contribution in [0.25, 0.3) is 15.5 Å².